The lowest BCUT2D eigenvalue weighted by Crippen LogP contribution is -2.36. The van der Waals surface area contributed by atoms with Gasteiger partial charge in [0, 0.05) is 6.20 Å². The fourth-order valence-corrected chi connectivity index (χ4v) is 3.80. The molecule has 7 nitrogen and oxygen atoms in total. The molecular formula is C20H26N2O5S. The van der Waals surface area contributed by atoms with Gasteiger partial charge in [-0.15, -0.1) is 0 Å². The molecule has 152 valence electrons. The summed E-state index contributed by atoms with van der Waals surface area (Å²) in [6.07, 6.45) is 3.52. The largest absolute Gasteiger partial charge is 0.494 e. The van der Waals surface area contributed by atoms with Crippen LogP contribution in [0.3, 0.4) is 0 Å². The van der Waals surface area contributed by atoms with Crippen LogP contribution in [0.1, 0.15) is 32.4 Å². The molecule has 0 saturated carbocycles. The Morgan fingerprint density at radius 1 is 1.11 bits per heavy atom. The summed E-state index contributed by atoms with van der Waals surface area (Å²) < 4.78 is 37.8. The summed E-state index contributed by atoms with van der Waals surface area (Å²) >= 11 is 0. The van der Waals surface area contributed by atoms with Gasteiger partial charge in [0.25, 0.3) is 0 Å². The summed E-state index contributed by atoms with van der Waals surface area (Å²) in [6, 6.07) is 11.4. The number of sulfonamides is 1. The van der Waals surface area contributed by atoms with Crippen molar-refractivity contribution in [2.75, 3.05) is 19.8 Å². The minimum Gasteiger partial charge on any atom is -0.494 e. The van der Waals surface area contributed by atoms with Crippen molar-refractivity contribution in [1.29, 1.82) is 0 Å². The number of ether oxygens (including phenoxy) is 2. The monoisotopic (exact) mass is 406 g/mol. The third-order valence-corrected chi connectivity index (χ3v) is 5.71. The van der Waals surface area contributed by atoms with Gasteiger partial charge in [-0.3, -0.25) is 9.78 Å². The predicted octanol–water partition coefficient (Wildman–Crippen LogP) is 3.01. The van der Waals surface area contributed by atoms with Crippen LogP contribution in [-0.4, -0.2) is 43.4 Å². The molecule has 0 aliphatic rings. The minimum atomic E-state index is -3.92. The molecule has 0 atom stereocenters. The summed E-state index contributed by atoms with van der Waals surface area (Å²) in [6.45, 7) is 4.08. The first kappa shape index (κ1) is 21.8. The van der Waals surface area contributed by atoms with Gasteiger partial charge in [-0.05, 0) is 49.7 Å². The molecule has 0 bridgehead atoms. The van der Waals surface area contributed by atoms with Gasteiger partial charge in [0.15, 0.2) is 0 Å². The molecule has 1 heterocycles. The molecule has 28 heavy (non-hydrogen) atoms. The highest BCUT2D eigenvalue weighted by atomic mass is 32.2. The zero-order valence-corrected chi connectivity index (χ0v) is 17.0. The number of pyridine rings is 1. The molecule has 0 N–H and O–H groups in total. The number of rotatable bonds is 11. The van der Waals surface area contributed by atoms with E-state index in [1.807, 2.05) is 0 Å². The third-order valence-electron chi connectivity index (χ3n) is 3.90. The lowest BCUT2D eigenvalue weighted by atomic mass is 10.3. The maximum Gasteiger partial charge on any atom is 0.321 e. The summed E-state index contributed by atoms with van der Waals surface area (Å²) in [5.41, 5.74) is 0.537. The molecule has 0 radical (unpaired) electrons. The number of aromatic nitrogens is 1. The van der Waals surface area contributed by atoms with E-state index < -0.39 is 16.0 Å². The Balaban J connectivity index is 2.22. The van der Waals surface area contributed by atoms with Gasteiger partial charge in [-0.25, -0.2) is 8.42 Å². The highest BCUT2D eigenvalue weighted by Crippen LogP contribution is 2.21. The van der Waals surface area contributed by atoms with E-state index in [-0.39, 0.29) is 24.6 Å². The number of unbranched alkanes of at least 4 members (excludes halogenated alkanes) is 1. The second-order valence-electron chi connectivity index (χ2n) is 6.07. The first-order chi connectivity index (χ1) is 13.5. The predicted molar refractivity (Wildman–Crippen MR) is 105 cm³/mol. The quantitative estimate of drug-likeness (QED) is 0.421. The van der Waals surface area contributed by atoms with Crippen molar-refractivity contribution in [2.24, 2.45) is 0 Å². The normalized spacial score (nSPS) is 11.4. The average Bonchev–Trinajstić information content (AvgIpc) is 2.69. The Bertz CT molecular complexity index is 839. The molecule has 0 fully saturated rings. The molecule has 8 heteroatoms. The number of esters is 1. The molecule has 2 aromatic rings. The zero-order chi connectivity index (χ0) is 20.4. The molecule has 0 spiro atoms. The van der Waals surface area contributed by atoms with Crippen LogP contribution in [0.2, 0.25) is 0 Å². The van der Waals surface area contributed by atoms with Crippen LogP contribution in [0.5, 0.6) is 5.75 Å². The molecular weight excluding hydrogens is 380 g/mol. The van der Waals surface area contributed by atoms with E-state index in [2.05, 4.69) is 11.9 Å². The molecule has 1 aromatic heterocycles. The van der Waals surface area contributed by atoms with Crippen LogP contribution < -0.4 is 4.74 Å². The summed E-state index contributed by atoms with van der Waals surface area (Å²) in [5.74, 6) is -0.00408. The molecule has 0 aliphatic carbocycles. The standard InChI is InChI=1S/C20H26N2O5S/c1-3-5-14-27-18-9-11-19(12-10-18)28(24,25)22(16-20(23)26-4-2)15-17-8-6-7-13-21-17/h6-13H,3-5,14-16H2,1-2H3. The van der Waals surface area contributed by atoms with E-state index in [0.717, 1.165) is 17.1 Å². The van der Waals surface area contributed by atoms with E-state index in [4.69, 9.17) is 9.47 Å². The summed E-state index contributed by atoms with van der Waals surface area (Å²) in [5, 5.41) is 0. The van der Waals surface area contributed by atoms with Gasteiger partial charge < -0.3 is 9.47 Å². The Kier molecular flexibility index (Phi) is 8.41. The number of nitrogens with zero attached hydrogens (tertiary/aromatic N) is 2. The Morgan fingerprint density at radius 3 is 2.46 bits per heavy atom. The first-order valence-electron chi connectivity index (χ1n) is 9.26. The van der Waals surface area contributed by atoms with Crippen molar-refractivity contribution in [3.05, 3.63) is 54.4 Å². The fraction of sp³-hybridized carbons (Fsp3) is 0.400. The topological polar surface area (TPSA) is 85.8 Å². The average molecular weight is 407 g/mol. The van der Waals surface area contributed by atoms with Crippen LogP contribution in [0.15, 0.2) is 53.6 Å². The van der Waals surface area contributed by atoms with E-state index in [1.54, 1.807) is 43.5 Å². The Hall–Kier alpha value is -2.45. The fourth-order valence-electron chi connectivity index (χ4n) is 2.44. The zero-order valence-electron chi connectivity index (χ0n) is 16.2. The number of carbonyl (C=O) groups is 1. The second-order valence-corrected chi connectivity index (χ2v) is 8.01. The van der Waals surface area contributed by atoms with Crippen LogP contribution in [0.25, 0.3) is 0 Å². The van der Waals surface area contributed by atoms with Crippen LogP contribution in [0.4, 0.5) is 0 Å². The number of hydrogen-bond acceptors (Lipinski definition) is 6. The number of carbonyl (C=O) groups excluding carboxylic acids is 1. The van der Waals surface area contributed by atoms with Gasteiger partial charge in [-0.1, -0.05) is 19.4 Å². The minimum absolute atomic E-state index is 0.0310. The Labute approximate surface area is 166 Å². The van der Waals surface area contributed by atoms with Gasteiger partial charge >= 0.3 is 5.97 Å². The SMILES string of the molecule is CCCCOc1ccc(S(=O)(=O)N(CC(=O)OCC)Cc2ccccn2)cc1. The van der Waals surface area contributed by atoms with E-state index in [1.165, 1.54) is 12.1 Å². The van der Waals surface area contributed by atoms with Crippen molar-refractivity contribution >= 4 is 16.0 Å². The molecule has 0 aliphatic heterocycles. The van der Waals surface area contributed by atoms with E-state index in [9.17, 15) is 13.2 Å². The van der Waals surface area contributed by atoms with Crippen molar-refractivity contribution in [3.8, 4) is 5.75 Å². The van der Waals surface area contributed by atoms with E-state index in [0.29, 0.717) is 18.1 Å². The smallest absolute Gasteiger partial charge is 0.321 e. The van der Waals surface area contributed by atoms with Gasteiger partial charge in [0.05, 0.1) is 30.3 Å². The summed E-state index contributed by atoms with van der Waals surface area (Å²) in [4.78, 5) is 16.2. The van der Waals surface area contributed by atoms with Crippen LogP contribution >= 0.6 is 0 Å². The maximum absolute atomic E-state index is 13.1. The second kappa shape index (κ2) is 10.8. The molecule has 0 amide bonds. The van der Waals surface area contributed by atoms with Gasteiger partial charge in [0.1, 0.15) is 12.3 Å². The third kappa shape index (κ3) is 6.31. The number of hydrogen-bond donors (Lipinski definition) is 0. The van der Waals surface area contributed by atoms with Crippen molar-refractivity contribution < 1.29 is 22.7 Å². The molecule has 1 aromatic carbocycles. The first-order valence-corrected chi connectivity index (χ1v) is 10.7. The van der Waals surface area contributed by atoms with E-state index >= 15 is 0 Å². The lowest BCUT2D eigenvalue weighted by Gasteiger charge is -2.21. The van der Waals surface area contributed by atoms with Crippen LogP contribution in [-0.2, 0) is 26.1 Å². The molecule has 2 rings (SSSR count). The Morgan fingerprint density at radius 2 is 1.86 bits per heavy atom. The van der Waals surface area contributed by atoms with Crippen molar-refractivity contribution in [3.63, 3.8) is 0 Å². The highest BCUT2D eigenvalue weighted by molar-refractivity contribution is 7.89. The van der Waals surface area contributed by atoms with Gasteiger partial charge in [0.2, 0.25) is 10.0 Å². The van der Waals surface area contributed by atoms with Crippen molar-refractivity contribution in [1.82, 2.24) is 9.29 Å². The lowest BCUT2D eigenvalue weighted by molar-refractivity contribution is -0.143. The number of benzene rings is 1. The van der Waals surface area contributed by atoms with Crippen molar-refractivity contribution in [2.45, 2.75) is 38.1 Å². The molecule has 0 unspecified atom stereocenters. The van der Waals surface area contributed by atoms with Crippen LogP contribution in [0, 0.1) is 0 Å². The maximum atomic E-state index is 13.1. The molecule has 0 saturated heterocycles. The van der Waals surface area contributed by atoms with Gasteiger partial charge in [-0.2, -0.15) is 4.31 Å². The summed E-state index contributed by atoms with van der Waals surface area (Å²) in [7, 11) is -3.92. The highest BCUT2D eigenvalue weighted by Gasteiger charge is 2.28.